The first-order valence-corrected chi connectivity index (χ1v) is 10.1. The summed E-state index contributed by atoms with van der Waals surface area (Å²) in [5.74, 6) is 0.177. The lowest BCUT2D eigenvalue weighted by atomic mass is 10.0. The van der Waals surface area contributed by atoms with Crippen molar-refractivity contribution in [2.24, 2.45) is 0 Å². The van der Waals surface area contributed by atoms with Crippen LogP contribution in [0.3, 0.4) is 0 Å². The Kier molecular flexibility index (Phi) is 7.02. The van der Waals surface area contributed by atoms with Crippen LogP contribution in [0.25, 0.3) is 0 Å². The zero-order valence-corrected chi connectivity index (χ0v) is 16.6. The molecule has 3 rings (SSSR count). The molecule has 0 aromatic heterocycles. The van der Waals surface area contributed by atoms with Crippen LogP contribution < -0.4 is 15.1 Å². The van der Waals surface area contributed by atoms with Gasteiger partial charge in [-0.15, -0.1) is 0 Å². The van der Waals surface area contributed by atoms with E-state index in [2.05, 4.69) is 73.9 Å². The Morgan fingerprint density at radius 3 is 2.37 bits per heavy atom. The van der Waals surface area contributed by atoms with E-state index >= 15 is 0 Å². The second-order valence-electron chi connectivity index (χ2n) is 8.05. The third kappa shape index (κ3) is 6.49. The van der Waals surface area contributed by atoms with Gasteiger partial charge >= 0.3 is 0 Å². The molecule has 0 saturated carbocycles. The lowest BCUT2D eigenvalue weighted by Gasteiger charge is -2.30. The topological polar surface area (TPSA) is 38.0 Å². The smallest absolute Gasteiger partial charge is 0.275 e. The minimum absolute atomic E-state index is 0.177. The number of hydrogen-bond donors (Lipinski definition) is 3. The number of hydrogen-bond acceptors (Lipinski definition) is 1. The number of likely N-dealkylation sites (tertiary alicyclic amines) is 1. The molecule has 4 heteroatoms. The van der Waals surface area contributed by atoms with Crippen LogP contribution in [-0.2, 0) is 17.9 Å². The van der Waals surface area contributed by atoms with Gasteiger partial charge in [0.25, 0.3) is 5.91 Å². The largest absolute Gasteiger partial charge is 0.348 e. The van der Waals surface area contributed by atoms with Crippen LogP contribution in [0.15, 0.2) is 54.6 Å². The number of aryl methyl sites for hydroxylation is 1. The lowest BCUT2D eigenvalue weighted by Crippen LogP contribution is -3.12. The predicted molar refractivity (Wildman–Crippen MR) is 109 cm³/mol. The molecule has 0 spiro atoms. The monoisotopic (exact) mass is 367 g/mol. The SMILES string of the molecule is Cc1ccc(C[NH+](C)CC(=O)NC2CC[NH+](Cc3ccccc3)CC2)cc1. The number of amides is 1. The minimum atomic E-state index is 0.177. The highest BCUT2D eigenvalue weighted by atomic mass is 16.2. The van der Waals surface area contributed by atoms with Gasteiger partial charge in [0, 0.05) is 30.0 Å². The lowest BCUT2D eigenvalue weighted by molar-refractivity contribution is -0.918. The third-order valence-electron chi connectivity index (χ3n) is 5.44. The number of carbonyl (C=O) groups is 1. The third-order valence-corrected chi connectivity index (χ3v) is 5.44. The van der Waals surface area contributed by atoms with Crippen LogP contribution in [0, 0.1) is 6.92 Å². The van der Waals surface area contributed by atoms with Crippen LogP contribution in [0.1, 0.15) is 29.5 Å². The van der Waals surface area contributed by atoms with Crippen LogP contribution in [-0.4, -0.2) is 38.6 Å². The molecule has 3 N–H and O–H groups in total. The van der Waals surface area contributed by atoms with Crippen molar-refractivity contribution in [3.05, 3.63) is 71.3 Å². The van der Waals surface area contributed by atoms with Gasteiger partial charge in [0.2, 0.25) is 0 Å². The van der Waals surface area contributed by atoms with Gasteiger partial charge < -0.3 is 15.1 Å². The second kappa shape index (κ2) is 9.67. The number of benzene rings is 2. The molecule has 1 aliphatic rings. The molecule has 0 aliphatic carbocycles. The zero-order chi connectivity index (χ0) is 19.1. The normalized spacial score (nSPS) is 20.8. The fraction of sp³-hybridized carbons (Fsp3) is 0.435. The quantitative estimate of drug-likeness (QED) is 0.650. The fourth-order valence-corrected chi connectivity index (χ4v) is 3.90. The molecule has 4 nitrogen and oxygen atoms in total. The number of likely N-dealkylation sites (N-methyl/N-ethyl adjacent to an activating group) is 1. The first kappa shape index (κ1) is 19.6. The molecule has 0 bridgehead atoms. The van der Waals surface area contributed by atoms with Crippen molar-refractivity contribution in [3.8, 4) is 0 Å². The Bertz CT molecular complexity index is 706. The molecule has 1 atom stereocenters. The standard InChI is InChI=1S/C23H31N3O/c1-19-8-10-21(11-9-19)16-25(2)18-23(27)24-22-12-14-26(15-13-22)17-20-6-4-3-5-7-20/h3-11,22H,12-18H2,1-2H3,(H,24,27)/p+2. The molecule has 2 aromatic carbocycles. The summed E-state index contributed by atoms with van der Waals surface area (Å²) in [7, 11) is 2.09. The van der Waals surface area contributed by atoms with Gasteiger partial charge in [-0.05, 0) is 6.92 Å². The van der Waals surface area contributed by atoms with Crippen LogP contribution in [0.5, 0.6) is 0 Å². The Morgan fingerprint density at radius 2 is 1.70 bits per heavy atom. The van der Waals surface area contributed by atoms with Crippen molar-refractivity contribution in [3.63, 3.8) is 0 Å². The molecule has 27 heavy (non-hydrogen) atoms. The predicted octanol–water partition coefficient (Wildman–Crippen LogP) is 0.373. The van der Waals surface area contributed by atoms with Gasteiger partial charge in [0.05, 0.1) is 20.1 Å². The molecule has 0 radical (unpaired) electrons. The summed E-state index contributed by atoms with van der Waals surface area (Å²) in [5, 5.41) is 3.26. The van der Waals surface area contributed by atoms with Crippen molar-refractivity contribution in [1.82, 2.24) is 5.32 Å². The maximum absolute atomic E-state index is 12.4. The number of quaternary nitrogens is 2. The Morgan fingerprint density at radius 1 is 1.04 bits per heavy atom. The highest BCUT2D eigenvalue weighted by Gasteiger charge is 2.24. The van der Waals surface area contributed by atoms with E-state index in [9.17, 15) is 4.79 Å². The number of carbonyl (C=O) groups excluding carboxylic acids is 1. The maximum atomic E-state index is 12.4. The molecule has 1 saturated heterocycles. The zero-order valence-electron chi connectivity index (χ0n) is 16.6. The first-order valence-electron chi connectivity index (χ1n) is 10.1. The minimum Gasteiger partial charge on any atom is -0.348 e. The average molecular weight is 368 g/mol. The molecular formula is C23H33N3O+2. The van der Waals surface area contributed by atoms with Gasteiger partial charge in [0.1, 0.15) is 13.1 Å². The first-order chi connectivity index (χ1) is 13.1. The van der Waals surface area contributed by atoms with Crippen LogP contribution in [0.4, 0.5) is 0 Å². The number of piperidine rings is 1. The van der Waals surface area contributed by atoms with Crippen LogP contribution >= 0.6 is 0 Å². The van der Waals surface area contributed by atoms with E-state index in [0.29, 0.717) is 12.6 Å². The van der Waals surface area contributed by atoms with E-state index in [0.717, 1.165) is 39.0 Å². The Balaban J connectivity index is 1.37. The fourth-order valence-electron chi connectivity index (χ4n) is 3.90. The number of rotatable bonds is 7. The van der Waals surface area contributed by atoms with Gasteiger partial charge in [-0.25, -0.2) is 0 Å². The summed E-state index contributed by atoms with van der Waals surface area (Å²) < 4.78 is 0. The summed E-state index contributed by atoms with van der Waals surface area (Å²) >= 11 is 0. The molecule has 1 amide bonds. The Hall–Kier alpha value is -2.17. The highest BCUT2D eigenvalue weighted by Crippen LogP contribution is 2.02. The summed E-state index contributed by atoms with van der Waals surface area (Å²) in [6.07, 6.45) is 2.15. The van der Waals surface area contributed by atoms with Crippen LogP contribution in [0.2, 0.25) is 0 Å². The Labute approximate surface area is 163 Å². The van der Waals surface area contributed by atoms with Gasteiger partial charge in [-0.2, -0.15) is 0 Å². The van der Waals surface area contributed by atoms with E-state index in [4.69, 9.17) is 0 Å². The molecule has 2 aromatic rings. The summed E-state index contributed by atoms with van der Waals surface area (Å²) in [6, 6.07) is 19.6. The van der Waals surface area contributed by atoms with E-state index in [1.54, 1.807) is 4.90 Å². The van der Waals surface area contributed by atoms with E-state index in [1.807, 2.05) is 0 Å². The van der Waals surface area contributed by atoms with E-state index in [-0.39, 0.29) is 5.91 Å². The van der Waals surface area contributed by atoms with Crippen molar-refractivity contribution in [1.29, 1.82) is 0 Å². The van der Waals surface area contributed by atoms with Crippen molar-refractivity contribution in [2.75, 3.05) is 26.7 Å². The maximum Gasteiger partial charge on any atom is 0.275 e. The van der Waals surface area contributed by atoms with Crippen molar-refractivity contribution in [2.45, 2.75) is 38.9 Å². The van der Waals surface area contributed by atoms with Crippen molar-refractivity contribution >= 4 is 5.91 Å². The molecule has 144 valence electrons. The van der Waals surface area contributed by atoms with Gasteiger partial charge in [-0.1, -0.05) is 60.2 Å². The van der Waals surface area contributed by atoms with Crippen molar-refractivity contribution < 1.29 is 14.6 Å². The number of nitrogens with one attached hydrogen (secondary N) is 3. The van der Waals surface area contributed by atoms with E-state index < -0.39 is 0 Å². The molecule has 1 fully saturated rings. The highest BCUT2D eigenvalue weighted by molar-refractivity contribution is 5.77. The molecular weight excluding hydrogens is 334 g/mol. The molecule has 1 aliphatic heterocycles. The van der Waals surface area contributed by atoms with E-state index in [1.165, 1.54) is 21.6 Å². The van der Waals surface area contributed by atoms with Gasteiger partial charge in [-0.3, -0.25) is 4.79 Å². The molecule has 1 heterocycles. The summed E-state index contributed by atoms with van der Waals surface area (Å²) in [6.45, 7) is 6.86. The second-order valence-corrected chi connectivity index (χ2v) is 8.05. The summed E-state index contributed by atoms with van der Waals surface area (Å²) in [4.78, 5) is 15.2. The average Bonchev–Trinajstić information content (AvgIpc) is 2.66. The molecule has 1 unspecified atom stereocenters. The van der Waals surface area contributed by atoms with Gasteiger partial charge in [0.15, 0.2) is 6.54 Å². The summed E-state index contributed by atoms with van der Waals surface area (Å²) in [5.41, 5.74) is 3.95.